The predicted molar refractivity (Wildman–Crippen MR) is 84.3 cm³/mol. The monoisotopic (exact) mass is 315 g/mol. The summed E-state index contributed by atoms with van der Waals surface area (Å²) in [5, 5.41) is 22.4. The van der Waals surface area contributed by atoms with Gasteiger partial charge in [0.15, 0.2) is 0 Å². The molecular weight excluding hydrogens is 294 g/mol. The summed E-state index contributed by atoms with van der Waals surface area (Å²) >= 11 is 0. The summed E-state index contributed by atoms with van der Waals surface area (Å²) in [4.78, 5) is 15.5. The molecule has 1 fully saturated rings. The molecule has 1 aromatic heterocycles. The predicted octanol–water partition coefficient (Wildman–Crippen LogP) is 1.10. The molecule has 122 valence electrons. The number of amides is 1. The van der Waals surface area contributed by atoms with Crippen LogP contribution in [0.5, 0.6) is 0 Å². The van der Waals surface area contributed by atoms with Crippen molar-refractivity contribution in [3.8, 4) is 11.4 Å². The van der Waals surface area contributed by atoms with E-state index < -0.39 is 5.60 Å². The van der Waals surface area contributed by atoms with E-state index in [1.807, 2.05) is 30.3 Å². The van der Waals surface area contributed by atoms with Crippen LogP contribution in [0.25, 0.3) is 11.4 Å². The van der Waals surface area contributed by atoms with Gasteiger partial charge in [0.2, 0.25) is 11.7 Å². The lowest BCUT2D eigenvalue weighted by molar-refractivity contribution is -0.137. The Hall–Kier alpha value is -2.28. The second-order valence-electron chi connectivity index (χ2n) is 6.41. The number of benzene rings is 1. The van der Waals surface area contributed by atoms with Gasteiger partial charge in [-0.15, -0.1) is 10.2 Å². The molecule has 7 heteroatoms. The fraction of sp³-hybridized carbons (Fsp3) is 0.500. The highest BCUT2D eigenvalue weighted by Crippen LogP contribution is 2.26. The van der Waals surface area contributed by atoms with Crippen LogP contribution in [-0.4, -0.2) is 54.3 Å². The molecule has 1 aromatic carbocycles. The van der Waals surface area contributed by atoms with Gasteiger partial charge in [0.1, 0.15) is 6.54 Å². The Balaban J connectivity index is 1.70. The van der Waals surface area contributed by atoms with E-state index in [4.69, 9.17) is 0 Å². The fourth-order valence-electron chi connectivity index (χ4n) is 3.02. The number of rotatable bonds is 4. The van der Waals surface area contributed by atoms with E-state index in [1.165, 1.54) is 4.80 Å². The molecule has 1 saturated heterocycles. The maximum absolute atomic E-state index is 12.5. The molecule has 0 radical (unpaired) electrons. The zero-order valence-corrected chi connectivity index (χ0v) is 13.4. The minimum atomic E-state index is -0.906. The lowest BCUT2D eigenvalue weighted by Crippen LogP contribution is -2.49. The first-order chi connectivity index (χ1) is 10.9. The first-order valence-electron chi connectivity index (χ1n) is 7.80. The minimum absolute atomic E-state index is 0.0341. The largest absolute Gasteiger partial charge is 0.388 e. The van der Waals surface area contributed by atoms with Gasteiger partial charge in [0.05, 0.1) is 11.6 Å². The molecule has 0 aliphatic carbocycles. The van der Waals surface area contributed by atoms with Crippen molar-refractivity contribution < 1.29 is 9.90 Å². The summed E-state index contributed by atoms with van der Waals surface area (Å²) in [5.41, 5.74) is -0.0429. The first kappa shape index (κ1) is 15.6. The van der Waals surface area contributed by atoms with Gasteiger partial charge in [0.25, 0.3) is 0 Å². The van der Waals surface area contributed by atoms with Crippen LogP contribution >= 0.6 is 0 Å². The number of aromatic nitrogens is 4. The van der Waals surface area contributed by atoms with Crippen molar-refractivity contribution in [3.05, 3.63) is 30.3 Å². The van der Waals surface area contributed by atoms with Crippen LogP contribution < -0.4 is 0 Å². The smallest absolute Gasteiger partial charge is 0.246 e. The van der Waals surface area contributed by atoms with Crippen molar-refractivity contribution in [2.45, 2.75) is 44.9 Å². The van der Waals surface area contributed by atoms with Crippen molar-refractivity contribution in [1.82, 2.24) is 25.1 Å². The van der Waals surface area contributed by atoms with Crippen LogP contribution in [0.1, 0.15) is 26.7 Å². The van der Waals surface area contributed by atoms with Gasteiger partial charge in [-0.05, 0) is 31.9 Å². The third kappa shape index (κ3) is 3.39. The molecule has 3 rings (SSSR count). The standard InChI is InChI=1S/C16H21N5O2/c1-16(2,23)13-9-6-10-20(13)14(22)11-21-18-15(17-19-21)12-7-4-3-5-8-12/h3-5,7-8,13,23H,6,9-11H2,1-2H3. The highest BCUT2D eigenvalue weighted by Gasteiger charge is 2.38. The molecule has 2 heterocycles. The second kappa shape index (κ2) is 6.08. The Labute approximate surface area is 134 Å². The van der Waals surface area contributed by atoms with E-state index in [1.54, 1.807) is 18.7 Å². The maximum Gasteiger partial charge on any atom is 0.246 e. The van der Waals surface area contributed by atoms with Crippen molar-refractivity contribution in [3.63, 3.8) is 0 Å². The number of hydrogen-bond acceptors (Lipinski definition) is 5. The lowest BCUT2D eigenvalue weighted by Gasteiger charge is -2.33. The van der Waals surface area contributed by atoms with Crippen molar-refractivity contribution in [1.29, 1.82) is 0 Å². The summed E-state index contributed by atoms with van der Waals surface area (Å²) in [5.74, 6) is 0.408. The van der Waals surface area contributed by atoms with E-state index in [-0.39, 0.29) is 18.5 Å². The Morgan fingerprint density at radius 3 is 2.78 bits per heavy atom. The van der Waals surface area contributed by atoms with Crippen LogP contribution in [0.3, 0.4) is 0 Å². The Morgan fingerprint density at radius 2 is 2.09 bits per heavy atom. The number of tetrazole rings is 1. The zero-order chi connectivity index (χ0) is 16.4. The fourth-order valence-corrected chi connectivity index (χ4v) is 3.02. The van der Waals surface area contributed by atoms with E-state index in [0.717, 1.165) is 18.4 Å². The topological polar surface area (TPSA) is 84.1 Å². The molecule has 1 unspecified atom stereocenters. The Kier molecular flexibility index (Phi) is 4.12. The van der Waals surface area contributed by atoms with Crippen LogP contribution in [0.2, 0.25) is 0 Å². The quantitative estimate of drug-likeness (QED) is 0.913. The Morgan fingerprint density at radius 1 is 1.35 bits per heavy atom. The minimum Gasteiger partial charge on any atom is -0.388 e. The highest BCUT2D eigenvalue weighted by atomic mass is 16.3. The number of likely N-dealkylation sites (tertiary alicyclic amines) is 1. The third-order valence-corrected chi connectivity index (χ3v) is 4.15. The van der Waals surface area contributed by atoms with Crippen molar-refractivity contribution >= 4 is 5.91 Å². The van der Waals surface area contributed by atoms with Gasteiger partial charge < -0.3 is 10.0 Å². The average Bonchev–Trinajstić information content (AvgIpc) is 3.16. The van der Waals surface area contributed by atoms with Crippen molar-refractivity contribution in [2.24, 2.45) is 0 Å². The summed E-state index contributed by atoms with van der Waals surface area (Å²) in [7, 11) is 0. The number of nitrogens with zero attached hydrogens (tertiary/aromatic N) is 5. The molecule has 7 nitrogen and oxygen atoms in total. The number of carbonyl (C=O) groups is 1. The summed E-state index contributed by atoms with van der Waals surface area (Å²) in [6.07, 6.45) is 1.72. The number of carbonyl (C=O) groups excluding carboxylic acids is 1. The zero-order valence-electron chi connectivity index (χ0n) is 13.4. The summed E-state index contributed by atoms with van der Waals surface area (Å²) in [6.45, 7) is 4.18. The number of hydrogen-bond donors (Lipinski definition) is 1. The molecule has 1 amide bonds. The molecule has 0 spiro atoms. The lowest BCUT2D eigenvalue weighted by atomic mass is 9.96. The molecule has 1 atom stereocenters. The van der Waals surface area contributed by atoms with E-state index in [9.17, 15) is 9.90 Å². The van der Waals surface area contributed by atoms with Gasteiger partial charge in [-0.25, -0.2) is 0 Å². The molecule has 2 aromatic rings. The van der Waals surface area contributed by atoms with Crippen LogP contribution in [0.4, 0.5) is 0 Å². The molecule has 0 bridgehead atoms. The van der Waals surface area contributed by atoms with E-state index in [2.05, 4.69) is 15.4 Å². The summed E-state index contributed by atoms with van der Waals surface area (Å²) < 4.78 is 0. The average molecular weight is 315 g/mol. The molecule has 1 aliphatic rings. The highest BCUT2D eigenvalue weighted by molar-refractivity contribution is 5.76. The maximum atomic E-state index is 12.5. The van der Waals surface area contributed by atoms with Crippen LogP contribution in [0, 0.1) is 0 Å². The van der Waals surface area contributed by atoms with Gasteiger partial charge in [-0.1, -0.05) is 30.3 Å². The number of aliphatic hydroxyl groups is 1. The van der Waals surface area contributed by atoms with Crippen molar-refractivity contribution in [2.75, 3.05) is 6.54 Å². The second-order valence-corrected chi connectivity index (χ2v) is 6.41. The third-order valence-electron chi connectivity index (χ3n) is 4.15. The Bertz CT molecular complexity index is 677. The van der Waals surface area contributed by atoms with Gasteiger partial charge >= 0.3 is 0 Å². The molecule has 1 aliphatic heterocycles. The first-order valence-corrected chi connectivity index (χ1v) is 7.80. The normalized spacial score (nSPS) is 18.4. The van der Waals surface area contributed by atoms with E-state index >= 15 is 0 Å². The molecular formula is C16H21N5O2. The summed E-state index contributed by atoms with van der Waals surface area (Å²) in [6, 6.07) is 9.36. The van der Waals surface area contributed by atoms with Crippen LogP contribution in [0.15, 0.2) is 30.3 Å². The van der Waals surface area contributed by atoms with Crippen LogP contribution in [-0.2, 0) is 11.3 Å². The SMILES string of the molecule is CC(C)(O)C1CCCN1C(=O)Cn1nnc(-c2ccccc2)n1. The van der Waals surface area contributed by atoms with E-state index in [0.29, 0.717) is 12.4 Å². The van der Waals surface area contributed by atoms with Gasteiger partial charge in [-0.3, -0.25) is 4.79 Å². The van der Waals surface area contributed by atoms with Gasteiger partial charge in [-0.2, -0.15) is 4.80 Å². The van der Waals surface area contributed by atoms with Gasteiger partial charge in [0, 0.05) is 12.1 Å². The molecule has 1 N–H and O–H groups in total. The molecule has 23 heavy (non-hydrogen) atoms. The molecule has 0 saturated carbocycles.